The van der Waals surface area contributed by atoms with Crippen molar-refractivity contribution in [1.29, 1.82) is 0 Å². The van der Waals surface area contributed by atoms with Crippen LogP contribution in [0.15, 0.2) is 54.7 Å². The van der Waals surface area contributed by atoms with Crippen LogP contribution in [0.1, 0.15) is 58.7 Å². The first-order valence-corrected chi connectivity index (χ1v) is 11.9. The summed E-state index contributed by atoms with van der Waals surface area (Å²) >= 11 is 0. The quantitative estimate of drug-likeness (QED) is 0.404. The van der Waals surface area contributed by atoms with Crippen molar-refractivity contribution in [3.8, 4) is 0 Å². The summed E-state index contributed by atoms with van der Waals surface area (Å²) in [6.07, 6.45) is -0.387. The summed E-state index contributed by atoms with van der Waals surface area (Å²) < 4.78 is 10.9. The van der Waals surface area contributed by atoms with Gasteiger partial charge in [-0.25, -0.2) is 19.4 Å². The van der Waals surface area contributed by atoms with E-state index in [-0.39, 0.29) is 5.82 Å². The van der Waals surface area contributed by atoms with Crippen molar-refractivity contribution < 1.29 is 29.0 Å². The number of aliphatic carboxylic acids is 1. The molecule has 1 atom stereocenters. The standard InChI is InChI=1S/C28H33N3O6/c1-17-9-8-10-19(15-17)22(24(32)33)30-20-11-12-21-18(16-20)13-14-29-23(21)31(25(34)36-27(2,3)4)26(35)37-28(5,6)7/h8-16,22,30H,1-7H3,(H,32,33). The number of nitrogens with one attached hydrogen (secondary N) is 1. The number of hydrogen-bond acceptors (Lipinski definition) is 7. The van der Waals surface area contributed by atoms with Crippen LogP contribution in [-0.4, -0.2) is 39.4 Å². The molecule has 0 aliphatic heterocycles. The van der Waals surface area contributed by atoms with Crippen LogP contribution < -0.4 is 10.2 Å². The zero-order valence-corrected chi connectivity index (χ0v) is 22.2. The molecule has 1 aromatic heterocycles. The molecule has 9 heteroatoms. The first kappa shape index (κ1) is 27.4. The SMILES string of the molecule is Cc1cccc(C(Nc2ccc3c(N(C(=O)OC(C)(C)C)C(=O)OC(C)(C)C)nccc3c2)C(=O)O)c1. The van der Waals surface area contributed by atoms with Gasteiger partial charge in [0.1, 0.15) is 11.2 Å². The molecule has 2 aromatic carbocycles. The van der Waals surface area contributed by atoms with Crippen LogP contribution in [0.4, 0.5) is 21.1 Å². The minimum absolute atomic E-state index is 0.0426. The van der Waals surface area contributed by atoms with E-state index in [1.165, 1.54) is 6.20 Å². The number of pyridine rings is 1. The van der Waals surface area contributed by atoms with Gasteiger partial charge in [0.25, 0.3) is 0 Å². The average molecular weight is 508 g/mol. The molecule has 37 heavy (non-hydrogen) atoms. The number of rotatable bonds is 5. The molecule has 196 valence electrons. The van der Waals surface area contributed by atoms with Gasteiger partial charge in [0.05, 0.1) is 0 Å². The summed E-state index contributed by atoms with van der Waals surface area (Å²) in [5.74, 6) is -0.983. The van der Waals surface area contributed by atoms with Crippen LogP contribution >= 0.6 is 0 Å². The molecule has 0 fully saturated rings. The molecule has 3 aromatic rings. The van der Waals surface area contributed by atoms with E-state index in [1.54, 1.807) is 71.9 Å². The van der Waals surface area contributed by atoms with Gasteiger partial charge < -0.3 is 19.9 Å². The van der Waals surface area contributed by atoms with Crippen molar-refractivity contribution in [1.82, 2.24) is 4.98 Å². The van der Waals surface area contributed by atoms with Crippen molar-refractivity contribution in [2.24, 2.45) is 0 Å². The second-order valence-electron chi connectivity index (χ2n) is 10.7. The third-order valence-electron chi connectivity index (χ3n) is 5.04. The number of carbonyl (C=O) groups is 3. The van der Waals surface area contributed by atoms with Gasteiger partial charge in [0, 0.05) is 17.3 Å². The normalized spacial score (nSPS) is 12.5. The highest BCUT2D eigenvalue weighted by atomic mass is 16.6. The fraction of sp³-hybridized carbons (Fsp3) is 0.357. The minimum atomic E-state index is -1.03. The zero-order valence-electron chi connectivity index (χ0n) is 22.2. The average Bonchev–Trinajstić information content (AvgIpc) is 2.75. The van der Waals surface area contributed by atoms with Crippen LogP contribution in [0.5, 0.6) is 0 Å². The maximum atomic E-state index is 13.1. The van der Waals surface area contributed by atoms with Crippen molar-refractivity contribution in [2.75, 3.05) is 10.2 Å². The van der Waals surface area contributed by atoms with E-state index in [4.69, 9.17) is 9.47 Å². The topological polar surface area (TPSA) is 118 Å². The summed E-state index contributed by atoms with van der Waals surface area (Å²) in [6, 6.07) is 13.1. The second kappa shape index (κ2) is 10.5. The molecule has 2 N–H and O–H groups in total. The Hall–Kier alpha value is -4.14. The molecule has 2 amide bonds. The Balaban J connectivity index is 2.03. The Morgan fingerprint density at radius 3 is 2.08 bits per heavy atom. The van der Waals surface area contributed by atoms with Crippen LogP contribution in [0.3, 0.4) is 0 Å². The molecular weight excluding hydrogens is 474 g/mol. The van der Waals surface area contributed by atoms with Crippen LogP contribution in [-0.2, 0) is 14.3 Å². The van der Waals surface area contributed by atoms with E-state index >= 15 is 0 Å². The maximum absolute atomic E-state index is 13.1. The summed E-state index contributed by atoms with van der Waals surface area (Å²) in [7, 11) is 0. The van der Waals surface area contributed by atoms with E-state index in [9.17, 15) is 19.5 Å². The van der Waals surface area contributed by atoms with E-state index < -0.39 is 35.4 Å². The van der Waals surface area contributed by atoms with Crippen LogP contribution in [0, 0.1) is 6.92 Å². The molecule has 3 rings (SSSR count). The van der Waals surface area contributed by atoms with Gasteiger partial charge in [-0.1, -0.05) is 29.8 Å². The van der Waals surface area contributed by atoms with E-state index in [2.05, 4.69) is 10.3 Å². The van der Waals surface area contributed by atoms with Gasteiger partial charge in [0.15, 0.2) is 11.9 Å². The summed E-state index contributed by atoms with van der Waals surface area (Å²) in [6.45, 7) is 12.1. The molecule has 0 aliphatic rings. The Morgan fingerprint density at radius 2 is 1.54 bits per heavy atom. The maximum Gasteiger partial charge on any atom is 0.425 e. The lowest BCUT2D eigenvalue weighted by atomic mass is 10.0. The predicted octanol–water partition coefficient (Wildman–Crippen LogP) is 6.46. The number of amides is 2. The van der Waals surface area contributed by atoms with Gasteiger partial charge in [-0.3, -0.25) is 0 Å². The second-order valence-corrected chi connectivity index (χ2v) is 10.7. The lowest BCUT2D eigenvalue weighted by Gasteiger charge is -2.28. The molecule has 0 saturated heterocycles. The number of carbonyl (C=O) groups excluding carboxylic acids is 2. The number of hydrogen-bond donors (Lipinski definition) is 2. The first-order valence-electron chi connectivity index (χ1n) is 11.9. The molecule has 0 radical (unpaired) electrons. The van der Waals surface area contributed by atoms with Crippen molar-refractivity contribution in [2.45, 2.75) is 65.7 Å². The van der Waals surface area contributed by atoms with E-state index in [0.717, 1.165) is 10.5 Å². The Morgan fingerprint density at radius 1 is 0.919 bits per heavy atom. The van der Waals surface area contributed by atoms with Gasteiger partial charge >= 0.3 is 18.2 Å². The van der Waals surface area contributed by atoms with Gasteiger partial charge in [-0.2, -0.15) is 4.90 Å². The molecule has 1 unspecified atom stereocenters. The number of nitrogens with zero attached hydrogens (tertiary/aromatic N) is 2. The zero-order chi connectivity index (χ0) is 27.5. The highest BCUT2D eigenvalue weighted by Gasteiger charge is 2.34. The summed E-state index contributed by atoms with van der Waals surface area (Å²) in [5, 5.41) is 14.0. The lowest BCUT2D eigenvalue weighted by Crippen LogP contribution is -2.44. The monoisotopic (exact) mass is 507 g/mol. The first-order chi connectivity index (χ1) is 17.1. The number of aromatic nitrogens is 1. The van der Waals surface area contributed by atoms with E-state index in [0.29, 0.717) is 22.0 Å². The third-order valence-corrected chi connectivity index (χ3v) is 5.04. The van der Waals surface area contributed by atoms with Crippen LogP contribution in [0.25, 0.3) is 10.8 Å². The fourth-order valence-corrected chi connectivity index (χ4v) is 3.60. The van der Waals surface area contributed by atoms with Crippen LogP contribution in [0.2, 0.25) is 0 Å². The molecule has 9 nitrogen and oxygen atoms in total. The number of anilines is 2. The molecule has 0 saturated carbocycles. The molecule has 0 bridgehead atoms. The third kappa shape index (κ3) is 7.19. The molecule has 0 aliphatic carbocycles. The van der Waals surface area contributed by atoms with Crippen molar-refractivity contribution in [3.05, 3.63) is 65.9 Å². The molecule has 1 heterocycles. The minimum Gasteiger partial charge on any atom is -0.479 e. The van der Waals surface area contributed by atoms with Gasteiger partial charge in [-0.15, -0.1) is 0 Å². The number of carboxylic acid groups (broad SMARTS) is 1. The Labute approximate surface area is 216 Å². The van der Waals surface area contributed by atoms with Gasteiger partial charge in [-0.05, 0) is 83.7 Å². The number of imide groups is 1. The van der Waals surface area contributed by atoms with E-state index in [1.807, 2.05) is 25.1 Å². The highest BCUT2D eigenvalue weighted by Crippen LogP contribution is 2.31. The van der Waals surface area contributed by atoms with Gasteiger partial charge in [0.2, 0.25) is 0 Å². The van der Waals surface area contributed by atoms with Crippen molar-refractivity contribution in [3.63, 3.8) is 0 Å². The summed E-state index contributed by atoms with van der Waals surface area (Å²) in [5.41, 5.74) is 0.384. The highest BCUT2D eigenvalue weighted by molar-refractivity contribution is 6.14. The number of fused-ring (bicyclic) bond motifs is 1. The Kier molecular flexibility index (Phi) is 7.76. The largest absolute Gasteiger partial charge is 0.479 e. The number of ether oxygens (including phenoxy) is 2. The molecule has 0 spiro atoms. The number of aryl methyl sites for hydroxylation is 1. The van der Waals surface area contributed by atoms with Crippen molar-refractivity contribution >= 4 is 40.4 Å². The predicted molar refractivity (Wildman–Crippen MR) is 142 cm³/mol. The molecular formula is C28H33N3O6. The Bertz CT molecular complexity index is 1300. The lowest BCUT2D eigenvalue weighted by molar-refractivity contribution is -0.138. The number of carboxylic acids is 1. The summed E-state index contributed by atoms with van der Waals surface area (Å²) in [4.78, 5) is 43.3. The number of benzene rings is 2. The fourth-order valence-electron chi connectivity index (χ4n) is 3.60. The smallest absolute Gasteiger partial charge is 0.425 e.